The minimum atomic E-state index is -0.144. The van der Waals surface area contributed by atoms with Gasteiger partial charge in [-0.15, -0.1) is 0 Å². The highest BCUT2D eigenvalue weighted by Gasteiger charge is 2.29. The molecule has 3 aromatic rings. The largest absolute Gasteiger partial charge is 0.497 e. The molecule has 39 heavy (non-hydrogen) atoms. The number of amides is 2. The van der Waals surface area contributed by atoms with Crippen LogP contribution in [-0.2, 0) is 11.2 Å². The molecule has 2 heterocycles. The highest BCUT2D eigenvalue weighted by molar-refractivity contribution is 7.99. The molecule has 206 valence electrons. The highest BCUT2D eigenvalue weighted by atomic mass is 35.5. The molecule has 8 nitrogen and oxygen atoms in total. The number of rotatable bonds is 9. The highest BCUT2D eigenvalue weighted by Crippen LogP contribution is 2.25. The van der Waals surface area contributed by atoms with Crippen LogP contribution < -0.4 is 15.0 Å². The summed E-state index contributed by atoms with van der Waals surface area (Å²) in [6.07, 6.45) is 0.593. The standard InChI is InChI=1S/C27H28Cl3N5O3S/c1-17-15-34(11-12-35(17)26(37)19-4-7-21(38-2)8-5-19)24-14-23(30)32-27(33-24)39-16-25(36)31-10-9-18-3-6-20(28)13-22(18)29/h3-8,13-14,17H,9-12,15-16H2,1-2H3,(H,31,36). The van der Waals surface area contributed by atoms with Crippen molar-refractivity contribution in [3.05, 3.63) is 74.9 Å². The zero-order valence-electron chi connectivity index (χ0n) is 21.5. The molecule has 1 unspecified atom stereocenters. The zero-order valence-corrected chi connectivity index (χ0v) is 24.6. The van der Waals surface area contributed by atoms with Gasteiger partial charge >= 0.3 is 0 Å². The third-order valence-electron chi connectivity index (χ3n) is 6.27. The number of hydrogen-bond acceptors (Lipinski definition) is 7. The van der Waals surface area contributed by atoms with E-state index in [1.165, 1.54) is 11.8 Å². The fraction of sp³-hybridized carbons (Fsp3) is 0.333. The maximum Gasteiger partial charge on any atom is 0.254 e. The monoisotopic (exact) mass is 607 g/mol. The third kappa shape index (κ3) is 7.91. The second-order valence-electron chi connectivity index (χ2n) is 8.98. The van der Waals surface area contributed by atoms with Crippen molar-refractivity contribution in [1.82, 2.24) is 20.2 Å². The summed E-state index contributed by atoms with van der Waals surface area (Å²) in [5.41, 5.74) is 1.53. The predicted octanol–water partition coefficient (Wildman–Crippen LogP) is 5.25. The first kappa shape index (κ1) is 29.3. The van der Waals surface area contributed by atoms with Crippen molar-refractivity contribution in [3.63, 3.8) is 0 Å². The first-order valence-electron chi connectivity index (χ1n) is 12.3. The minimum Gasteiger partial charge on any atom is -0.497 e. The zero-order chi connectivity index (χ0) is 27.9. The molecule has 1 saturated heterocycles. The first-order chi connectivity index (χ1) is 18.7. The molecule has 1 aliphatic rings. The molecule has 2 aromatic carbocycles. The molecule has 0 aliphatic carbocycles. The summed E-state index contributed by atoms with van der Waals surface area (Å²) in [5, 5.41) is 4.74. The van der Waals surface area contributed by atoms with E-state index in [4.69, 9.17) is 39.5 Å². The topological polar surface area (TPSA) is 87.7 Å². The summed E-state index contributed by atoms with van der Waals surface area (Å²) >= 11 is 19.6. The van der Waals surface area contributed by atoms with Gasteiger partial charge in [0.1, 0.15) is 16.7 Å². The maximum absolute atomic E-state index is 13.1. The van der Waals surface area contributed by atoms with Crippen molar-refractivity contribution in [2.24, 2.45) is 0 Å². The number of anilines is 1. The van der Waals surface area contributed by atoms with Crippen LogP contribution in [0.5, 0.6) is 5.75 Å². The molecule has 1 N–H and O–H groups in total. The lowest BCUT2D eigenvalue weighted by molar-refractivity contribution is -0.118. The Bertz CT molecular complexity index is 1330. The number of nitrogens with one attached hydrogen (secondary N) is 1. The normalized spacial score (nSPS) is 15.3. The van der Waals surface area contributed by atoms with Crippen LogP contribution in [0.15, 0.2) is 53.7 Å². The van der Waals surface area contributed by atoms with Crippen molar-refractivity contribution in [2.75, 3.05) is 43.9 Å². The number of ether oxygens (including phenoxy) is 1. The molecule has 0 bridgehead atoms. The number of aromatic nitrogens is 2. The molecular weight excluding hydrogens is 581 g/mol. The average molecular weight is 609 g/mol. The summed E-state index contributed by atoms with van der Waals surface area (Å²) in [6.45, 7) is 4.17. The van der Waals surface area contributed by atoms with Crippen LogP contribution >= 0.6 is 46.6 Å². The molecule has 0 radical (unpaired) electrons. The van der Waals surface area contributed by atoms with Crippen LogP contribution in [0.3, 0.4) is 0 Å². The van der Waals surface area contributed by atoms with Crippen molar-refractivity contribution in [1.29, 1.82) is 0 Å². The second-order valence-corrected chi connectivity index (χ2v) is 11.2. The van der Waals surface area contributed by atoms with E-state index in [2.05, 4.69) is 20.2 Å². The van der Waals surface area contributed by atoms with E-state index in [1.807, 2.05) is 17.9 Å². The van der Waals surface area contributed by atoms with Gasteiger partial charge in [-0.25, -0.2) is 9.97 Å². The lowest BCUT2D eigenvalue weighted by Crippen LogP contribution is -2.54. The van der Waals surface area contributed by atoms with Crippen LogP contribution in [-0.4, -0.2) is 71.8 Å². The van der Waals surface area contributed by atoms with Gasteiger partial charge in [0.05, 0.1) is 12.9 Å². The van der Waals surface area contributed by atoms with E-state index in [0.717, 1.165) is 5.56 Å². The minimum absolute atomic E-state index is 0.0221. The van der Waals surface area contributed by atoms with E-state index in [9.17, 15) is 9.59 Å². The van der Waals surface area contributed by atoms with Gasteiger partial charge in [-0.3, -0.25) is 9.59 Å². The number of thioether (sulfide) groups is 1. The second kappa shape index (κ2) is 13.6. The van der Waals surface area contributed by atoms with Gasteiger partial charge < -0.3 is 19.9 Å². The number of methoxy groups -OCH3 is 1. The Morgan fingerprint density at radius 1 is 1.08 bits per heavy atom. The van der Waals surface area contributed by atoms with Gasteiger partial charge in [0.25, 0.3) is 5.91 Å². The van der Waals surface area contributed by atoms with E-state index >= 15 is 0 Å². The number of carbonyl (C=O) groups is 2. The first-order valence-corrected chi connectivity index (χ1v) is 14.4. The van der Waals surface area contributed by atoms with Crippen LogP contribution in [0, 0.1) is 0 Å². The molecule has 1 aliphatic heterocycles. The predicted molar refractivity (Wildman–Crippen MR) is 157 cm³/mol. The van der Waals surface area contributed by atoms with Gasteiger partial charge in [-0.05, 0) is 55.3 Å². The Balaban J connectivity index is 1.29. The molecule has 0 saturated carbocycles. The lowest BCUT2D eigenvalue weighted by atomic mass is 10.1. The van der Waals surface area contributed by atoms with E-state index in [0.29, 0.717) is 70.1 Å². The molecule has 1 fully saturated rings. The smallest absolute Gasteiger partial charge is 0.254 e. The quantitative estimate of drug-likeness (QED) is 0.202. The molecular formula is C27H28Cl3N5O3S. The van der Waals surface area contributed by atoms with Crippen molar-refractivity contribution in [3.8, 4) is 5.75 Å². The molecule has 2 amide bonds. The van der Waals surface area contributed by atoms with Crippen LogP contribution in [0.25, 0.3) is 0 Å². The Morgan fingerprint density at radius 2 is 1.85 bits per heavy atom. The van der Waals surface area contributed by atoms with Crippen LogP contribution in [0.1, 0.15) is 22.8 Å². The number of nitrogens with zero attached hydrogens (tertiary/aromatic N) is 4. The number of benzene rings is 2. The summed E-state index contributed by atoms with van der Waals surface area (Å²) in [4.78, 5) is 38.3. The third-order valence-corrected chi connectivity index (χ3v) is 7.90. The Hall–Kier alpha value is -2.72. The Morgan fingerprint density at radius 3 is 2.54 bits per heavy atom. The van der Waals surface area contributed by atoms with Crippen molar-refractivity contribution in [2.45, 2.75) is 24.5 Å². The molecule has 1 aromatic heterocycles. The summed E-state index contributed by atoms with van der Waals surface area (Å²) < 4.78 is 5.18. The molecule has 1 atom stereocenters. The van der Waals surface area contributed by atoms with E-state index in [-0.39, 0.29) is 23.6 Å². The summed E-state index contributed by atoms with van der Waals surface area (Å²) in [7, 11) is 1.59. The average Bonchev–Trinajstić information content (AvgIpc) is 2.92. The molecule has 0 spiro atoms. The van der Waals surface area contributed by atoms with Gasteiger partial charge in [-0.2, -0.15) is 0 Å². The van der Waals surface area contributed by atoms with E-state index in [1.54, 1.807) is 49.6 Å². The number of carbonyl (C=O) groups excluding carboxylic acids is 2. The SMILES string of the molecule is COc1ccc(C(=O)N2CCN(c3cc(Cl)nc(SCC(=O)NCCc4ccc(Cl)cc4Cl)n3)CC2C)cc1. The lowest BCUT2D eigenvalue weighted by Gasteiger charge is -2.40. The fourth-order valence-electron chi connectivity index (χ4n) is 4.22. The Labute approximate surface area is 247 Å². The fourth-order valence-corrected chi connectivity index (χ4v) is 5.63. The summed E-state index contributed by atoms with van der Waals surface area (Å²) in [5.74, 6) is 1.35. The van der Waals surface area contributed by atoms with Gasteiger partial charge in [0, 0.05) is 53.9 Å². The molecule has 4 rings (SSSR count). The van der Waals surface area contributed by atoms with Gasteiger partial charge in [0.15, 0.2) is 5.16 Å². The number of hydrogen-bond donors (Lipinski definition) is 1. The molecule has 12 heteroatoms. The van der Waals surface area contributed by atoms with Crippen LogP contribution in [0.2, 0.25) is 15.2 Å². The van der Waals surface area contributed by atoms with Gasteiger partial charge in [0.2, 0.25) is 5.91 Å². The van der Waals surface area contributed by atoms with Crippen LogP contribution in [0.4, 0.5) is 5.82 Å². The van der Waals surface area contributed by atoms with E-state index < -0.39 is 0 Å². The van der Waals surface area contributed by atoms with Crippen molar-refractivity contribution < 1.29 is 14.3 Å². The number of piperazine rings is 1. The maximum atomic E-state index is 13.1. The number of halogens is 3. The van der Waals surface area contributed by atoms with Gasteiger partial charge in [-0.1, -0.05) is 52.6 Å². The van der Waals surface area contributed by atoms with Crippen molar-refractivity contribution >= 4 is 64.2 Å². The Kier molecular flexibility index (Phi) is 10.2. The summed E-state index contributed by atoms with van der Waals surface area (Å²) in [6, 6.07) is 14.1.